The summed E-state index contributed by atoms with van der Waals surface area (Å²) in [6.45, 7) is 1.61. The smallest absolute Gasteiger partial charge is 0.250 e. The molecule has 1 aliphatic heterocycles. The van der Waals surface area contributed by atoms with Gasteiger partial charge in [0, 0.05) is 6.54 Å². The number of fused-ring (bicyclic) bond motifs is 1. The van der Waals surface area contributed by atoms with Gasteiger partial charge >= 0.3 is 0 Å². The van der Waals surface area contributed by atoms with Gasteiger partial charge in [0.15, 0.2) is 0 Å². The van der Waals surface area contributed by atoms with E-state index in [4.69, 9.17) is 4.74 Å². The average molecular weight is 408 g/mol. The van der Waals surface area contributed by atoms with Crippen molar-refractivity contribution in [3.63, 3.8) is 0 Å². The van der Waals surface area contributed by atoms with E-state index in [0.29, 0.717) is 25.1 Å². The monoisotopic (exact) mass is 407 g/mol. The van der Waals surface area contributed by atoms with Gasteiger partial charge in [-0.2, -0.15) is 0 Å². The molecular weight excluding hydrogens is 378 g/mol. The van der Waals surface area contributed by atoms with E-state index in [9.17, 15) is 9.59 Å². The minimum absolute atomic E-state index is 0.0225. The van der Waals surface area contributed by atoms with E-state index in [-0.39, 0.29) is 18.4 Å². The second-order valence-corrected chi connectivity index (χ2v) is 8.19. The number of hydrogen-bond donors (Lipinski definition) is 1. The highest BCUT2D eigenvalue weighted by atomic mass is 16.5. The summed E-state index contributed by atoms with van der Waals surface area (Å²) in [4.78, 5) is 30.2. The molecule has 30 heavy (non-hydrogen) atoms. The molecule has 6 heteroatoms. The van der Waals surface area contributed by atoms with Gasteiger partial charge in [-0.1, -0.05) is 43.2 Å². The standard InChI is InChI=1S/C24H29N3O3/c1-26(16-9-17-30-19-10-3-2-4-11-19)18-22(28)27-21-13-6-5-12-20(21)25-23(29)24(27)14-7-8-15-24/h2-6,10-13H,7-9,14-18H2,1H3,(H,25,29). The summed E-state index contributed by atoms with van der Waals surface area (Å²) in [5.41, 5.74) is 0.778. The highest BCUT2D eigenvalue weighted by molar-refractivity contribution is 6.15. The lowest BCUT2D eigenvalue weighted by molar-refractivity contribution is -0.127. The molecule has 6 nitrogen and oxygen atoms in total. The van der Waals surface area contributed by atoms with Gasteiger partial charge in [-0.25, -0.2) is 0 Å². The summed E-state index contributed by atoms with van der Waals surface area (Å²) in [5.74, 6) is 0.784. The van der Waals surface area contributed by atoms with Crippen molar-refractivity contribution in [2.24, 2.45) is 0 Å². The van der Waals surface area contributed by atoms with E-state index in [0.717, 1.165) is 37.2 Å². The van der Waals surface area contributed by atoms with Crippen molar-refractivity contribution in [2.45, 2.75) is 37.6 Å². The predicted molar refractivity (Wildman–Crippen MR) is 118 cm³/mol. The number of amides is 2. The van der Waals surface area contributed by atoms with Crippen molar-refractivity contribution in [1.82, 2.24) is 4.90 Å². The highest BCUT2D eigenvalue weighted by Crippen LogP contribution is 2.45. The first-order chi connectivity index (χ1) is 14.6. The molecule has 0 bridgehead atoms. The Labute approximate surface area is 177 Å². The van der Waals surface area contributed by atoms with Crippen molar-refractivity contribution in [1.29, 1.82) is 0 Å². The molecule has 2 aromatic rings. The zero-order valence-electron chi connectivity index (χ0n) is 17.5. The summed E-state index contributed by atoms with van der Waals surface area (Å²) < 4.78 is 5.74. The summed E-state index contributed by atoms with van der Waals surface area (Å²) in [6, 6.07) is 17.3. The molecular formula is C24H29N3O3. The van der Waals surface area contributed by atoms with Crippen molar-refractivity contribution >= 4 is 23.2 Å². The fourth-order valence-electron chi connectivity index (χ4n) is 4.55. The normalized spacial score (nSPS) is 17.1. The lowest BCUT2D eigenvalue weighted by Crippen LogP contribution is -2.62. The van der Waals surface area contributed by atoms with Crippen LogP contribution in [0.3, 0.4) is 0 Å². The Bertz CT molecular complexity index is 894. The summed E-state index contributed by atoms with van der Waals surface area (Å²) in [5, 5.41) is 3.03. The molecule has 0 atom stereocenters. The number of carbonyl (C=O) groups excluding carboxylic acids is 2. The Morgan fingerprint density at radius 3 is 2.57 bits per heavy atom. The van der Waals surface area contributed by atoms with Crippen LogP contribution in [-0.4, -0.2) is 49.0 Å². The third kappa shape index (κ3) is 4.05. The molecule has 1 saturated carbocycles. The van der Waals surface area contributed by atoms with Crippen LogP contribution in [-0.2, 0) is 9.59 Å². The molecule has 1 heterocycles. The molecule has 4 rings (SSSR count). The third-order valence-corrected chi connectivity index (χ3v) is 6.03. The quantitative estimate of drug-likeness (QED) is 0.711. The van der Waals surface area contributed by atoms with Crippen LogP contribution in [0.15, 0.2) is 54.6 Å². The molecule has 2 amide bonds. The Morgan fingerprint density at radius 1 is 1.10 bits per heavy atom. The van der Waals surface area contributed by atoms with E-state index in [1.807, 2.05) is 66.5 Å². The zero-order chi connectivity index (χ0) is 21.0. The van der Waals surface area contributed by atoms with Crippen LogP contribution in [0.1, 0.15) is 32.1 Å². The summed E-state index contributed by atoms with van der Waals surface area (Å²) in [6.07, 6.45) is 4.18. The average Bonchev–Trinajstić information content (AvgIpc) is 3.23. The van der Waals surface area contributed by atoms with Crippen molar-refractivity contribution in [3.8, 4) is 5.75 Å². The number of nitrogens with one attached hydrogen (secondary N) is 1. The lowest BCUT2D eigenvalue weighted by Gasteiger charge is -2.44. The molecule has 0 aromatic heterocycles. The first kappa shape index (κ1) is 20.4. The Morgan fingerprint density at radius 2 is 1.80 bits per heavy atom. The van der Waals surface area contributed by atoms with E-state index in [1.54, 1.807) is 4.90 Å². The molecule has 0 saturated heterocycles. The molecule has 1 aliphatic carbocycles. The molecule has 0 radical (unpaired) electrons. The number of nitrogens with zero attached hydrogens (tertiary/aromatic N) is 2. The second-order valence-electron chi connectivity index (χ2n) is 8.19. The van der Waals surface area contributed by atoms with Gasteiger partial charge in [0.25, 0.3) is 5.91 Å². The maximum absolute atomic E-state index is 13.4. The van der Waals surface area contributed by atoms with Gasteiger partial charge in [0.2, 0.25) is 5.91 Å². The maximum Gasteiger partial charge on any atom is 0.250 e. The Hall–Kier alpha value is -2.86. The van der Waals surface area contributed by atoms with E-state index >= 15 is 0 Å². The first-order valence-corrected chi connectivity index (χ1v) is 10.7. The number of carbonyl (C=O) groups is 2. The topological polar surface area (TPSA) is 61.9 Å². The number of benzene rings is 2. The molecule has 1 spiro atoms. The minimum Gasteiger partial charge on any atom is -0.494 e. The second kappa shape index (κ2) is 8.88. The summed E-state index contributed by atoms with van der Waals surface area (Å²) >= 11 is 0. The number of hydrogen-bond acceptors (Lipinski definition) is 4. The van der Waals surface area contributed by atoms with Crippen LogP contribution in [0, 0.1) is 0 Å². The fraction of sp³-hybridized carbons (Fsp3) is 0.417. The van der Waals surface area contributed by atoms with Crippen LogP contribution < -0.4 is 15.0 Å². The van der Waals surface area contributed by atoms with Gasteiger partial charge in [-0.05, 0) is 50.6 Å². The number of para-hydroxylation sites is 3. The number of rotatable bonds is 7. The van der Waals surface area contributed by atoms with Gasteiger partial charge < -0.3 is 10.1 Å². The van der Waals surface area contributed by atoms with Crippen LogP contribution in [0.25, 0.3) is 0 Å². The van der Waals surface area contributed by atoms with Gasteiger partial charge in [-0.15, -0.1) is 0 Å². The molecule has 2 aliphatic rings. The zero-order valence-corrected chi connectivity index (χ0v) is 17.5. The molecule has 1 N–H and O–H groups in total. The van der Waals surface area contributed by atoms with E-state index in [2.05, 4.69) is 5.32 Å². The molecule has 158 valence electrons. The summed E-state index contributed by atoms with van der Waals surface area (Å²) in [7, 11) is 1.94. The largest absolute Gasteiger partial charge is 0.494 e. The Kier molecular flexibility index (Phi) is 6.04. The van der Waals surface area contributed by atoms with Crippen LogP contribution in [0.2, 0.25) is 0 Å². The van der Waals surface area contributed by atoms with Gasteiger partial charge in [-0.3, -0.25) is 19.4 Å². The van der Waals surface area contributed by atoms with Gasteiger partial charge in [0.1, 0.15) is 11.3 Å². The van der Waals surface area contributed by atoms with Gasteiger partial charge in [0.05, 0.1) is 24.5 Å². The number of likely N-dealkylation sites (N-methyl/N-ethyl adjacent to an activating group) is 1. The van der Waals surface area contributed by atoms with Crippen LogP contribution >= 0.6 is 0 Å². The molecule has 1 fully saturated rings. The number of ether oxygens (including phenoxy) is 1. The van der Waals surface area contributed by atoms with Crippen LogP contribution in [0.4, 0.5) is 11.4 Å². The van der Waals surface area contributed by atoms with E-state index in [1.165, 1.54) is 0 Å². The van der Waals surface area contributed by atoms with E-state index < -0.39 is 5.54 Å². The molecule has 0 unspecified atom stereocenters. The predicted octanol–water partition coefficient (Wildman–Crippen LogP) is 3.69. The Balaban J connectivity index is 1.40. The maximum atomic E-state index is 13.4. The lowest BCUT2D eigenvalue weighted by atomic mass is 9.89. The third-order valence-electron chi connectivity index (χ3n) is 6.03. The number of anilines is 2. The first-order valence-electron chi connectivity index (χ1n) is 10.7. The minimum atomic E-state index is -0.747. The van der Waals surface area contributed by atoms with Crippen molar-refractivity contribution in [2.75, 3.05) is 37.0 Å². The van der Waals surface area contributed by atoms with Crippen molar-refractivity contribution in [3.05, 3.63) is 54.6 Å². The molecule has 2 aromatic carbocycles. The fourth-order valence-corrected chi connectivity index (χ4v) is 4.55. The SMILES string of the molecule is CN(CCCOc1ccccc1)CC(=O)N1c2ccccc2NC(=O)C12CCCC2. The highest BCUT2D eigenvalue weighted by Gasteiger charge is 2.52. The van der Waals surface area contributed by atoms with Crippen molar-refractivity contribution < 1.29 is 14.3 Å². The van der Waals surface area contributed by atoms with Crippen LogP contribution in [0.5, 0.6) is 5.75 Å².